The van der Waals surface area contributed by atoms with E-state index in [-0.39, 0.29) is 0 Å². The van der Waals surface area contributed by atoms with Crippen molar-refractivity contribution < 1.29 is 0 Å². The standard InChI is InChI=1S/C15H23N3/c1-17-7-9-18(10-8-17)15-4-2-3-12-5-6-13(16)11-14(12)15/h2-4,13H,5-11,16H2,1H3/t13-/m1/s1. The second-order valence-electron chi connectivity index (χ2n) is 5.71. The summed E-state index contributed by atoms with van der Waals surface area (Å²) < 4.78 is 0. The molecule has 2 aliphatic rings. The van der Waals surface area contributed by atoms with Crippen LogP contribution in [0, 0.1) is 0 Å². The molecule has 0 aromatic heterocycles. The molecule has 1 aromatic carbocycles. The predicted octanol–water partition coefficient (Wildman–Crippen LogP) is 1.25. The summed E-state index contributed by atoms with van der Waals surface area (Å²) in [5, 5.41) is 0. The molecular weight excluding hydrogens is 222 g/mol. The summed E-state index contributed by atoms with van der Waals surface area (Å²) in [5.74, 6) is 0. The molecule has 0 unspecified atom stereocenters. The van der Waals surface area contributed by atoms with Gasteiger partial charge in [-0.05, 0) is 43.5 Å². The number of nitrogens with zero attached hydrogens (tertiary/aromatic N) is 2. The molecule has 1 atom stereocenters. The van der Waals surface area contributed by atoms with Crippen molar-refractivity contribution in [2.45, 2.75) is 25.3 Å². The van der Waals surface area contributed by atoms with E-state index < -0.39 is 0 Å². The van der Waals surface area contributed by atoms with E-state index in [1.54, 1.807) is 0 Å². The molecule has 3 nitrogen and oxygen atoms in total. The molecule has 1 saturated heterocycles. The summed E-state index contributed by atoms with van der Waals surface area (Å²) >= 11 is 0. The first-order valence-electron chi connectivity index (χ1n) is 7.04. The van der Waals surface area contributed by atoms with Crippen molar-refractivity contribution in [1.82, 2.24) is 4.90 Å². The number of fused-ring (bicyclic) bond motifs is 1. The van der Waals surface area contributed by atoms with Crippen molar-refractivity contribution in [3.63, 3.8) is 0 Å². The largest absolute Gasteiger partial charge is 0.369 e. The Bertz CT molecular complexity index is 422. The number of hydrogen-bond acceptors (Lipinski definition) is 3. The summed E-state index contributed by atoms with van der Waals surface area (Å²) in [6, 6.07) is 7.12. The van der Waals surface area contributed by atoms with Crippen molar-refractivity contribution in [2.75, 3.05) is 38.1 Å². The highest BCUT2D eigenvalue weighted by atomic mass is 15.2. The lowest BCUT2D eigenvalue weighted by Gasteiger charge is -2.37. The molecule has 0 saturated carbocycles. The summed E-state index contributed by atoms with van der Waals surface area (Å²) in [7, 11) is 2.20. The van der Waals surface area contributed by atoms with E-state index in [4.69, 9.17) is 5.73 Å². The summed E-state index contributed by atoms with van der Waals surface area (Å²) in [6.07, 6.45) is 3.34. The van der Waals surface area contributed by atoms with Gasteiger partial charge in [0.05, 0.1) is 0 Å². The number of aryl methyl sites for hydroxylation is 1. The molecule has 1 aliphatic heterocycles. The molecule has 1 heterocycles. The first-order chi connectivity index (χ1) is 8.74. The minimum absolute atomic E-state index is 0.353. The van der Waals surface area contributed by atoms with E-state index in [2.05, 4.69) is 35.0 Å². The van der Waals surface area contributed by atoms with E-state index in [0.717, 1.165) is 45.4 Å². The van der Waals surface area contributed by atoms with Crippen molar-refractivity contribution >= 4 is 5.69 Å². The van der Waals surface area contributed by atoms with Gasteiger partial charge in [-0.1, -0.05) is 12.1 Å². The van der Waals surface area contributed by atoms with Crippen molar-refractivity contribution in [3.8, 4) is 0 Å². The number of nitrogens with two attached hydrogens (primary N) is 1. The zero-order valence-electron chi connectivity index (χ0n) is 11.2. The van der Waals surface area contributed by atoms with Crippen LogP contribution in [0.4, 0.5) is 5.69 Å². The summed E-state index contributed by atoms with van der Waals surface area (Å²) in [4.78, 5) is 4.94. The van der Waals surface area contributed by atoms with Crippen molar-refractivity contribution in [3.05, 3.63) is 29.3 Å². The molecule has 2 N–H and O–H groups in total. The third-order valence-corrected chi connectivity index (χ3v) is 4.34. The Kier molecular flexibility index (Phi) is 3.27. The van der Waals surface area contributed by atoms with Crippen LogP contribution in [0.15, 0.2) is 18.2 Å². The molecule has 0 amide bonds. The van der Waals surface area contributed by atoms with Crippen LogP contribution < -0.4 is 10.6 Å². The van der Waals surface area contributed by atoms with Gasteiger partial charge in [0, 0.05) is 37.9 Å². The van der Waals surface area contributed by atoms with Gasteiger partial charge in [0.15, 0.2) is 0 Å². The van der Waals surface area contributed by atoms with Crippen LogP contribution in [-0.4, -0.2) is 44.2 Å². The molecule has 1 aliphatic carbocycles. The van der Waals surface area contributed by atoms with Crippen LogP contribution >= 0.6 is 0 Å². The maximum atomic E-state index is 6.14. The van der Waals surface area contributed by atoms with E-state index >= 15 is 0 Å². The quantitative estimate of drug-likeness (QED) is 0.808. The van der Waals surface area contributed by atoms with Crippen molar-refractivity contribution in [1.29, 1.82) is 0 Å². The predicted molar refractivity (Wildman–Crippen MR) is 76.2 cm³/mol. The number of anilines is 1. The van der Waals surface area contributed by atoms with Gasteiger partial charge in [0.1, 0.15) is 0 Å². The van der Waals surface area contributed by atoms with Gasteiger partial charge in [-0.15, -0.1) is 0 Å². The van der Waals surface area contributed by atoms with E-state index in [0.29, 0.717) is 6.04 Å². The lowest BCUT2D eigenvalue weighted by molar-refractivity contribution is 0.312. The average Bonchev–Trinajstić information content (AvgIpc) is 2.39. The fourth-order valence-electron chi connectivity index (χ4n) is 3.14. The fourth-order valence-corrected chi connectivity index (χ4v) is 3.14. The molecule has 18 heavy (non-hydrogen) atoms. The zero-order chi connectivity index (χ0) is 12.5. The van der Waals surface area contributed by atoms with Crippen LogP contribution in [0.3, 0.4) is 0 Å². The zero-order valence-corrected chi connectivity index (χ0v) is 11.2. The molecule has 3 heteroatoms. The molecule has 3 rings (SSSR count). The third kappa shape index (κ3) is 2.25. The van der Waals surface area contributed by atoms with Crippen LogP contribution in [0.25, 0.3) is 0 Å². The average molecular weight is 245 g/mol. The minimum atomic E-state index is 0.353. The summed E-state index contributed by atoms with van der Waals surface area (Å²) in [5.41, 5.74) is 10.6. The van der Waals surface area contributed by atoms with Crippen LogP contribution in [0.5, 0.6) is 0 Å². The smallest absolute Gasteiger partial charge is 0.0403 e. The second-order valence-corrected chi connectivity index (χ2v) is 5.71. The SMILES string of the molecule is CN1CCN(c2cccc3c2C[C@H](N)CC3)CC1. The van der Waals surface area contributed by atoms with Crippen LogP contribution in [-0.2, 0) is 12.8 Å². The van der Waals surface area contributed by atoms with Gasteiger partial charge >= 0.3 is 0 Å². The van der Waals surface area contributed by atoms with E-state index in [1.165, 1.54) is 16.8 Å². The Hall–Kier alpha value is -1.06. The lowest BCUT2D eigenvalue weighted by Crippen LogP contribution is -2.45. The molecule has 0 spiro atoms. The molecule has 0 radical (unpaired) electrons. The van der Waals surface area contributed by atoms with E-state index in [1.807, 2.05) is 0 Å². The number of piperazine rings is 1. The molecular formula is C15H23N3. The highest BCUT2D eigenvalue weighted by Crippen LogP contribution is 2.30. The third-order valence-electron chi connectivity index (χ3n) is 4.34. The van der Waals surface area contributed by atoms with Gasteiger partial charge in [-0.25, -0.2) is 0 Å². The Morgan fingerprint density at radius 2 is 1.94 bits per heavy atom. The molecule has 98 valence electrons. The molecule has 1 aromatic rings. The molecule has 0 bridgehead atoms. The van der Waals surface area contributed by atoms with Gasteiger partial charge in [-0.2, -0.15) is 0 Å². The minimum Gasteiger partial charge on any atom is -0.369 e. The van der Waals surface area contributed by atoms with Crippen LogP contribution in [0.2, 0.25) is 0 Å². The van der Waals surface area contributed by atoms with Gasteiger partial charge < -0.3 is 15.5 Å². The lowest BCUT2D eigenvalue weighted by atomic mass is 9.87. The highest BCUT2D eigenvalue weighted by molar-refractivity contribution is 5.58. The Labute approximate surface area is 110 Å². The Morgan fingerprint density at radius 3 is 2.72 bits per heavy atom. The first-order valence-corrected chi connectivity index (χ1v) is 7.04. The normalized spacial score (nSPS) is 25.0. The van der Waals surface area contributed by atoms with Gasteiger partial charge in [-0.3, -0.25) is 0 Å². The second kappa shape index (κ2) is 4.90. The highest BCUT2D eigenvalue weighted by Gasteiger charge is 2.22. The number of rotatable bonds is 1. The number of hydrogen-bond donors (Lipinski definition) is 1. The van der Waals surface area contributed by atoms with E-state index in [9.17, 15) is 0 Å². The van der Waals surface area contributed by atoms with Crippen LogP contribution in [0.1, 0.15) is 17.5 Å². The van der Waals surface area contributed by atoms with Gasteiger partial charge in [0.2, 0.25) is 0 Å². The Balaban J connectivity index is 1.88. The monoisotopic (exact) mass is 245 g/mol. The topological polar surface area (TPSA) is 32.5 Å². The molecule has 1 fully saturated rings. The summed E-state index contributed by atoms with van der Waals surface area (Å²) in [6.45, 7) is 4.61. The van der Waals surface area contributed by atoms with Gasteiger partial charge in [0.25, 0.3) is 0 Å². The van der Waals surface area contributed by atoms with Crippen molar-refractivity contribution in [2.24, 2.45) is 5.73 Å². The first kappa shape index (κ1) is 12.0. The number of likely N-dealkylation sites (N-methyl/N-ethyl adjacent to an activating group) is 1. The maximum Gasteiger partial charge on any atom is 0.0403 e. The Morgan fingerprint density at radius 1 is 1.17 bits per heavy atom. The fraction of sp³-hybridized carbons (Fsp3) is 0.600. The maximum absolute atomic E-state index is 6.14. The number of benzene rings is 1.